The predicted molar refractivity (Wildman–Crippen MR) is 162 cm³/mol. The van der Waals surface area contributed by atoms with Crippen molar-refractivity contribution in [2.75, 3.05) is 0 Å². The fraction of sp³-hybridized carbons (Fsp3) is 0.647. The molecule has 14 atom stereocenters. The molecule has 8 nitrogen and oxygen atoms in total. The van der Waals surface area contributed by atoms with Crippen LogP contribution in [0.25, 0.3) is 0 Å². The van der Waals surface area contributed by atoms with E-state index in [-0.39, 0.29) is 47.3 Å². The van der Waals surface area contributed by atoms with E-state index >= 15 is 0 Å². The minimum Gasteiger partial charge on any atom is -0.274 e. The van der Waals surface area contributed by atoms with Crippen molar-refractivity contribution >= 4 is 47.2 Å². The van der Waals surface area contributed by atoms with Crippen LogP contribution in [0.5, 0.6) is 0 Å². The van der Waals surface area contributed by atoms with E-state index in [0.29, 0.717) is 11.8 Å². The van der Waals surface area contributed by atoms with E-state index in [2.05, 4.69) is 26.0 Å². The van der Waals surface area contributed by atoms with Crippen molar-refractivity contribution in [3.8, 4) is 12.1 Å². The van der Waals surface area contributed by atoms with E-state index in [4.69, 9.17) is 0 Å². The zero-order chi connectivity index (χ0) is 30.3. The number of carbonyl (C=O) groups excluding carboxylic acids is 4. The van der Waals surface area contributed by atoms with E-state index in [0.717, 1.165) is 49.7 Å². The quantitative estimate of drug-likeness (QED) is 0.316. The van der Waals surface area contributed by atoms with Gasteiger partial charge in [0.15, 0.2) is 0 Å². The number of carbonyl (C=O) groups is 4. The van der Waals surface area contributed by atoms with Gasteiger partial charge in [0.05, 0.1) is 47.6 Å². The Bertz CT molecular complexity index is 1580. The molecule has 0 unspecified atom stereocenters. The zero-order valence-electron chi connectivity index (χ0n) is 24.7. The second kappa shape index (κ2) is 9.36. The Labute approximate surface area is 265 Å². The summed E-state index contributed by atoms with van der Waals surface area (Å²) in [5, 5.41) is 19.3. The third-order valence-electron chi connectivity index (χ3n) is 12.6. The van der Waals surface area contributed by atoms with Gasteiger partial charge < -0.3 is 0 Å². The minimum atomic E-state index is -0.545. The highest BCUT2D eigenvalue weighted by atomic mass is 32.2. The molecular formula is C34H34N4O4S2. The third kappa shape index (κ3) is 3.27. The molecule has 0 N–H and O–H groups in total. The summed E-state index contributed by atoms with van der Waals surface area (Å²) in [6.45, 7) is 4.38. The smallest absolute Gasteiger partial charge is 0.234 e. The fourth-order valence-electron chi connectivity index (χ4n) is 10.7. The van der Waals surface area contributed by atoms with Crippen molar-refractivity contribution in [3.63, 3.8) is 0 Å². The van der Waals surface area contributed by atoms with Gasteiger partial charge in [0, 0.05) is 0 Å². The van der Waals surface area contributed by atoms with Gasteiger partial charge in [-0.25, -0.2) is 0 Å². The van der Waals surface area contributed by atoms with Crippen molar-refractivity contribution < 1.29 is 19.2 Å². The molecule has 0 aromatic rings. The number of thioether (sulfide) groups is 2. The van der Waals surface area contributed by atoms with Gasteiger partial charge in [-0.1, -0.05) is 26.0 Å². The molecule has 226 valence electrons. The molecule has 0 spiro atoms. The molecular weight excluding hydrogens is 593 g/mol. The van der Waals surface area contributed by atoms with E-state index < -0.39 is 46.3 Å². The van der Waals surface area contributed by atoms with E-state index in [1.165, 1.54) is 43.1 Å². The molecule has 6 aliphatic carbocycles. The summed E-state index contributed by atoms with van der Waals surface area (Å²) in [5.41, 5.74) is 2.21. The van der Waals surface area contributed by atoms with E-state index in [1.807, 2.05) is 12.2 Å². The van der Waals surface area contributed by atoms with Crippen LogP contribution in [0.15, 0.2) is 33.1 Å². The number of nitriles is 2. The molecule has 44 heavy (non-hydrogen) atoms. The summed E-state index contributed by atoms with van der Waals surface area (Å²) in [5.74, 6) is -3.74. The summed E-state index contributed by atoms with van der Waals surface area (Å²) in [6, 6.07) is 4.88. The molecule has 4 fully saturated rings. The molecule has 4 amide bonds. The fourth-order valence-corrected chi connectivity index (χ4v) is 13.9. The lowest BCUT2D eigenvalue weighted by molar-refractivity contribution is -0.166. The molecule has 0 aromatic carbocycles. The first-order chi connectivity index (χ1) is 21.2. The molecule has 4 aliphatic heterocycles. The van der Waals surface area contributed by atoms with Crippen LogP contribution in [0.1, 0.15) is 52.4 Å². The van der Waals surface area contributed by atoms with Crippen LogP contribution in [-0.2, 0) is 19.2 Å². The average Bonchev–Trinajstić information content (AvgIpc) is 3.66. The zero-order valence-corrected chi connectivity index (χ0v) is 26.4. The molecule has 10 rings (SSSR count). The lowest BCUT2D eigenvalue weighted by Crippen LogP contribution is -2.63. The second-order valence-corrected chi connectivity index (χ2v) is 17.1. The molecule has 2 bridgehead atoms. The number of rotatable bonds is 2. The Morgan fingerprint density at radius 2 is 1.05 bits per heavy atom. The Kier molecular flexibility index (Phi) is 5.85. The van der Waals surface area contributed by atoms with E-state index in [9.17, 15) is 29.7 Å². The topological polar surface area (TPSA) is 122 Å². The number of hydrogen-bond acceptors (Lipinski definition) is 8. The maximum absolute atomic E-state index is 14.2. The summed E-state index contributed by atoms with van der Waals surface area (Å²) in [6.07, 6.45) is 9.65. The summed E-state index contributed by atoms with van der Waals surface area (Å²) in [7, 11) is 0. The van der Waals surface area contributed by atoms with Crippen LogP contribution < -0.4 is 0 Å². The Morgan fingerprint density at radius 3 is 1.43 bits per heavy atom. The number of fused-ring (bicyclic) bond motifs is 1. The predicted octanol–water partition coefficient (Wildman–Crippen LogP) is 4.82. The van der Waals surface area contributed by atoms with Gasteiger partial charge in [0.2, 0.25) is 23.6 Å². The second-order valence-electron chi connectivity index (χ2n) is 14.7. The van der Waals surface area contributed by atoms with Crippen LogP contribution >= 0.6 is 23.5 Å². The summed E-state index contributed by atoms with van der Waals surface area (Å²) in [4.78, 5) is 61.9. The first-order valence-electron chi connectivity index (χ1n) is 16.2. The van der Waals surface area contributed by atoms with Crippen molar-refractivity contribution in [2.45, 2.75) is 63.1 Å². The molecule has 0 radical (unpaired) electrons. The van der Waals surface area contributed by atoms with Gasteiger partial charge >= 0.3 is 0 Å². The SMILES string of the molecule is C[C@@H]1CCC2=C(C1)[C@H](C#N)[C@H](N1C(=O)[C@@H]3[C@H]4C=C[C@@H]([C@@H]3C1=O)[C@@H]1[C@@H]3C(=O)N([C@@H]5SC6=C(C[C@H](C)CC6)[C@@H]5C#N)C(=O)[C@@H]3[C@@H]41)S2. The average molecular weight is 627 g/mol. The number of nitrogens with zero attached hydrogens (tertiary/aromatic N) is 4. The van der Waals surface area contributed by atoms with Crippen LogP contribution in [0.3, 0.4) is 0 Å². The highest BCUT2D eigenvalue weighted by Gasteiger charge is 2.76. The highest BCUT2D eigenvalue weighted by molar-refractivity contribution is 8.04. The van der Waals surface area contributed by atoms with Crippen LogP contribution in [0, 0.1) is 93.7 Å². The lowest BCUT2D eigenvalue weighted by Gasteiger charge is -2.60. The largest absolute Gasteiger partial charge is 0.274 e. The van der Waals surface area contributed by atoms with E-state index in [1.54, 1.807) is 0 Å². The first-order valence-corrected chi connectivity index (χ1v) is 18.0. The summed E-state index contributed by atoms with van der Waals surface area (Å²) >= 11 is 3.07. The Hall–Kier alpha value is -2.82. The van der Waals surface area contributed by atoms with Gasteiger partial charge in [-0.2, -0.15) is 10.5 Å². The molecule has 2 saturated carbocycles. The van der Waals surface area contributed by atoms with Crippen LogP contribution in [0.4, 0.5) is 0 Å². The number of likely N-dealkylation sites (tertiary alicyclic amines) is 2. The number of allylic oxidation sites excluding steroid dienone is 4. The Balaban J connectivity index is 1.00. The normalized spacial score (nSPS) is 48.2. The lowest BCUT2D eigenvalue weighted by atomic mass is 9.40. The highest BCUT2D eigenvalue weighted by Crippen LogP contribution is 2.69. The Morgan fingerprint density at radius 1 is 0.659 bits per heavy atom. The van der Waals surface area contributed by atoms with Crippen molar-refractivity contribution in [2.24, 2.45) is 71.0 Å². The van der Waals surface area contributed by atoms with Gasteiger partial charge in [-0.3, -0.25) is 29.0 Å². The van der Waals surface area contributed by atoms with Crippen LogP contribution in [-0.4, -0.2) is 44.2 Å². The van der Waals surface area contributed by atoms with Gasteiger partial charge in [-0.05, 0) is 95.0 Å². The van der Waals surface area contributed by atoms with Crippen molar-refractivity contribution in [1.82, 2.24) is 9.80 Å². The number of imide groups is 2. The molecule has 10 heteroatoms. The number of hydrogen-bond donors (Lipinski definition) is 0. The van der Waals surface area contributed by atoms with Crippen molar-refractivity contribution in [3.05, 3.63) is 33.1 Å². The molecule has 10 aliphatic rings. The van der Waals surface area contributed by atoms with Gasteiger partial charge in [0.1, 0.15) is 10.7 Å². The van der Waals surface area contributed by atoms with Crippen molar-refractivity contribution in [1.29, 1.82) is 10.5 Å². The third-order valence-corrected chi connectivity index (χ3v) is 15.6. The monoisotopic (exact) mass is 626 g/mol. The van der Waals surface area contributed by atoms with Crippen LogP contribution in [0.2, 0.25) is 0 Å². The minimum absolute atomic E-state index is 0.154. The molecule has 4 heterocycles. The molecule has 0 aromatic heterocycles. The number of amides is 4. The first kappa shape index (κ1) is 27.5. The standard InChI is InChI=1S/C34H34N4O4S2/c1-13-3-7-21-17(9-13)19(11-35)33(43-21)37-29(39)25-15-5-6-16(26(25)30(37)40)24-23(15)27-28(24)32(42)38(31(27)41)34-20(12-36)18-10-14(2)4-8-22(18)44-34/h5-6,13-16,19-20,23-28,33-34H,3-4,7-10H2,1-2H3/t13-,14-,15-,16+,19+,20+,23+,24+,25+,26-,27+,28-,33-,34-/m1/s1. The summed E-state index contributed by atoms with van der Waals surface area (Å²) < 4.78 is 0. The maximum Gasteiger partial charge on any atom is 0.234 e. The maximum atomic E-state index is 14.2. The van der Waals surface area contributed by atoms with Gasteiger partial charge in [-0.15, -0.1) is 23.5 Å². The van der Waals surface area contributed by atoms with Gasteiger partial charge in [0.25, 0.3) is 0 Å². The molecule has 2 saturated heterocycles.